The molecule has 1 saturated heterocycles. The quantitative estimate of drug-likeness (QED) is 0.701. The summed E-state index contributed by atoms with van der Waals surface area (Å²) in [6, 6.07) is 20.6. The largest absolute Gasteiger partial charge is 0.439 e. The summed E-state index contributed by atoms with van der Waals surface area (Å²) < 4.78 is 19.5. The predicted molar refractivity (Wildman–Crippen MR) is 98.2 cm³/mol. The first-order chi connectivity index (χ1) is 13.2. The Morgan fingerprint density at radius 1 is 0.926 bits per heavy atom. The third kappa shape index (κ3) is 3.65. The molecule has 2 atom stereocenters. The van der Waals surface area contributed by atoms with Crippen LogP contribution in [-0.4, -0.2) is 11.1 Å². The summed E-state index contributed by atoms with van der Waals surface area (Å²) in [7, 11) is 0. The first-order valence-corrected chi connectivity index (χ1v) is 8.46. The molecule has 2 heterocycles. The van der Waals surface area contributed by atoms with E-state index in [2.05, 4.69) is 22.1 Å². The van der Waals surface area contributed by atoms with Gasteiger partial charge < -0.3 is 10.1 Å². The molecule has 0 unspecified atom stereocenters. The van der Waals surface area contributed by atoms with E-state index in [1.54, 1.807) is 36.4 Å². The molecule has 0 saturated carbocycles. The van der Waals surface area contributed by atoms with Crippen molar-refractivity contribution in [1.82, 2.24) is 10.3 Å². The van der Waals surface area contributed by atoms with E-state index in [1.807, 2.05) is 30.3 Å². The van der Waals surface area contributed by atoms with Crippen molar-refractivity contribution in [1.29, 1.82) is 0 Å². The average Bonchev–Trinajstić information content (AvgIpc) is 3.09. The molecule has 4 rings (SSSR count). The SMILES string of the molecule is O=C1N[C@H](c2cccc(C#Cc3ccccc3)n2)[C@@H](c2ccccc2F)O1. The molecule has 0 bridgehead atoms. The fourth-order valence-corrected chi connectivity index (χ4v) is 2.95. The minimum absolute atomic E-state index is 0.309. The number of carbonyl (C=O) groups excluding carboxylic acids is 1. The van der Waals surface area contributed by atoms with Gasteiger partial charge in [0.25, 0.3) is 0 Å². The van der Waals surface area contributed by atoms with Crippen molar-refractivity contribution in [2.45, 2.75) is 12.1 Å². The third-order valence-corrected chi connectivity index (χ3v) is 4.22. The molecule has 1 aromatic heterocycles. The number of pyridine rings is 1. The number of carbonyl (C=O) groups is 1. The Morgan fingerprint density at radius 2 is 1.70 bits per heavy atom. The van der Waals surface area contributed by atoms with Crippen LogP contribution in [0.3, 0.4) is 0 Å². The van der Waals surface area contributed by atoms with Crippen LogP contribution in [0.25, 0.3) is 0 Å². The number of hydrogen-bond acceptors (Lipinski definition) is 3. The molecule has 2 aromatic carbocycles. The summed E-state index contributed by atoms with van der Waals surface area (Å²) in [6.07, 6.45) is -1.39. The van der Waals surface area contributed by atoms with Gasteiger partial charge >= 0.3 is 6.09 Å². The van der Waals surface area contributed by atoms with E-state index in [1.165, 1.54) is 6.07 Å². The lowest BCUT2D eigenvalue weighted by molar-refractivity contribution is 0.129. The van der Waals surface area contributed by atoms with Crippen LogP contribution < -0.4 is 5.32 Å². The second kappa shape index (κ2) is 7.30. The molecule has 0 radical (unpaired) electrons. The predicted octanol–water partition coefficient (Wildman–Crippen LogP) is 4.14. The molecular formula is C22H15FN2O2. The van der Waals surface area contributed by atoms with E-state index in [4.69, 9.17) is 4.74 Å². The molecule has 5 heteroatoms. The van der Waals surface area contributed by atoms with Crippen LogP contribution in [0.2, 0.25) is 0 Å². The molecule has 1 amide bonds. The molecule has 1 aliphatic rings. The van der Waals surface area contributed by atoms with Gasteiger partial charge in [-0.2, -0.15) is 0 Å². The van der Waals surface area contributed by atoms with Crippen LogP contribution in [-0.2, 0) is 4.74 Å². The van der Waals surface area contributed by atoms with Crippen molar-refractivity contribution < 1.29 is 13.9 Å². The van der Waals surface area contributed by atoms with Crippen LogP contribution >= 0.6 is 0 Å². The smallest absolute Gasteiger partial charge is 0.408 e. The topological polar surface area (TPSA) is 51.2 Å². The van der Waals surface area contributed by atoms with Crippen molar-refractivity contribution in [3.63, 3.8) is 0 Å². The van der Waals surface area contributed by atoms with E-state index in [0.717, 1.165) is 5.56 Å². The van der Waals surface area contributed by atoms with Crippen molar-refractivity contribution in [3.05, 3.63) is 101 Å². The number of hydrogen-bond donors (Lipinski definition) is 1. The highest BCUT2D eigenvalue weighted by Crippen LogP contribution is 2.36. The average molecular weight is 358 g/mol. The Bertz CT molecular complexity index is 1040. The van der Waals surface area contributed by atoms with Crippen LogP contribution in [0.4, 0.5) is 9.18 Å². The zero-order valence-corrected chi connectivity index (χ0v) is 14.2. The number of nitrogens with one attached hydrogen (secondary N) is 1. The second-order valence-electron chi connectivity index (χ2n) is 6.03. The molecule has 27 heavy (non-hydrogen) atoms. The molecule has 0 aliphatic carbocycles. The second-order valence-corrected chi connectivity index (χ2v) is 6.03. The number of rotatable bonds is 2. The Hall–Kier alpha value is -3.65. The van der Waals surface area contributed by atoms with Crippen molar-refractivity contribution in [2.75, 3.05) is 0 Å². The summed E-state index contributed by atoms with van der Waals surface area (Å²) in [5.41, 5.74) is 2.31. The van der Waals surface area contributed by atoms with Gasteiger partial charge in [-0.25, -0.2) is 14.2 Å². The van der Waals surface area contributed by atoms with Crippen LogP contribution in [0, 0.1) is 17.7 Å². The van der Waals surface area contributed by atoms with E-state index in [-0.39, 0.29) is 0 Å². The summed E-state index contributed by atoms with van der Waals surface area (Å²) in [6.45, 7) is 0. The lowest BCUT2D eigenvalue weighted by Crippen LogP contribution is -2.21. The number of aromatic nitrogens is 1. The van der Waals surface area contributed by atoms with Crippen LogP contribution in [0.5, 0.6) is 0 Å². The standard InChI is InChI=1S/C22H15FN2O2/c23-18-11-5-4-10-17(18)21-20(25-22(26)27-21)19-12-6-9-16(24-19)14-13-15-7-2-1-3-8-15/h1-12,20-21H,(H,25,26)/t20-,21-/m1/s1. The zero-order valence-electron chi connectivity index (χ0n) is 14.2. The van der Waals surface area contributed by atoms with Gasteiger partial charge in [0.2, 0.25) is 0 Å². The number of nitrogens with zero attached hydrogens (tertiary/aromatic N) is 1. The van der Waals surface area contributed by atoms with Gasteiger partial charge in [-0.3, -0.25) is 0 Å². The lowest BCUT2D eigenvalue weighted by Gasteiger charge is -2.17. The first kappa shape index (κ1) is 16.8. The van der Waals surface area contributed by atoms with E-state index < -0.39 is 24.1 Å². The molecule has 1 N–H and O–H groups in total. The number of cyclic esters (lactones) is 1. The van der Waals surface area contributed by atoms with Gasteiger partial charge in [0.05, 0.1) is 5.69 Å². The maximum absolute atomic E-state index is 14.2. The minimum Gasteiger partial charge on any atom is -0.439 e. The molecule has 4 nitrogen and oxygen atoms in total. The fraction of sp³-hybridized carbons (Fsp3) is 0.0909. The van der Waals surface area contributed by atoms with E-state index >= 15 is 0 Å². The first-order valence-electron chi connectivity index (χ1n) is 8.46. The van der Waals surface area contributed by atoms with E-state index in [9.17, 15) is 9.18 Å². The maximum atomic E-state index is 14.2. The van der Waals surface area contributed by atoms with Crippen LogP contribution in [0.15, 0.2) is 72.8 Å². The number of benzene rings is 2. The summed E-state index contributed by atoms with van der Waals surface area (Å²) in [4.78, 5) is 16.3. The molecule has 132 valence electrons. The number of halogens is 1. The Balaban J connectivity index is 1.65. The Morgan fingerprint density at radius 3 is 2.52 bits per heavy atom. The highest BCUT2D eigenvalue weighted by atomic mass is 19.1. The molecule has 3 aromatic rings. The molecule has 0 spiro atoms. The Labute approximate surface area is 156 Å². The van der Waals surface area contributed by atoms with E-state index in [0.29, 0.717) is 17.0 Å². The van der Waals surface area contributed by atoms with Gasteiger partial charge in [0.1, 0.15) is 17.6 Å². The number of alkyl carbamates (subject to hydrolysis) is 1. The molecular weight excluding hydrogens is 343 g/mol. The lowest BCUT2D eigenvalue weighted by atomic mass is 9.99. The zero-order chi connectivity index (χ0) is 18.6. The highest BCUT2D eigenvalue weighted by Gasteiger charge is 2.38. The third-order valence-electron chi connectivity index (χ3n) is 4.22. The molecule has 1 aliphatic heterocycles. The molecule has 1 fully saturated rings. The normalized spacial score (nSPS) is 18.2. The van der Waals surface area contributed by atoms with Crippen molar-refractivity contribution >= 4 is 6.09 Å². The van der Waals surface area contributed by atoms with Gasteiger partial charge in [0.15, 0.2) is 6.10 Å². The van der Waals surface area contributed by atoms with Crippen molar-refractivity contribution in [2.24, 2.45) is 0 Å². The number of ether oxygens (including phenoxy) is 1. The maximum Gasteiger partial charge on any atom is 0.408 e. The number of amides is 1. The summed E-state index contributed by atoms with van der Waals surface area (Å²) >= 11 is 0. The van der Waals surface area contributed by atoms with Crippen LogP contribution in [0.1, 0.15) is 34.7 Å². The summed E-state index contributed by atoms with van der Waals surface area (Å²) in [5, 5.41) is 2.71. The monoisotopic (exact) mass is 358 g/mol. The minimum atomic E-state index is -0.788. The van der Waals surface area contributed by atoms with Gasteiger partial charge in [-0.05, 0) is 36.3 Å². The van der Waals surface area contributed by atoms with Crippen molar-refractivity contribution in [3.8, 4) is 11.8 Å². The van der Waals surface area contributed by atoms with Gasteiger partial charge in [-0.1, -0.05) is 48.4 Å². The Kier molecular flexibility index (Phi) is 4.54. The van der Waals surface area contributed by atoms with Gasteiger partial charge in [0, 0.05) is 11.1 Å². The fourth-order valence-electron chi connectivity index (χ4n) is 2.95. The summed E-state index contributed by atoms with van der Waals surface area (Å²) in [5.74, 6) is 5.63. The van der Waals surface area contributed by atoms with Gasteiger partial charge in [-0.15, -0.1) is 0 Å². The highest BCUT2D eigenvalue weighted by molar-refractivity contribution is 5.71.